The Labute approximate surface area is 114 Å². The average molecular weight is 262 g/mol. The molecule has 0 bridgehead atoms. The standard InChI is InChI=1S/C15H22N2O2/c1-16-9-12-6-5-11(7-13(12)10-18)8-17-14-3-2-4-15(14)19/h5-7,10,14-17,19H,2-4,8-9H2,1H3. The molecule has 0 saturated heterocycles. The van der Waals surface area contributed by atoms with Crippen molar-refractivity contribution in [2.75, 3.05) is 7.05 Å². The van der Waals surface area contributed by atoms with Crippen LogP contribution in [0.3, 0.4) is 0 Å². The van der Waals surface area contributed by atoms with E-state index in [0.29, 0.717) is 13.1 Å². The molecule has 1 aromatic carbocycles. The van der Waals surface area contributed by atoms with Gasteiger partial charge in [0.15, 0.2) is 0 Å². The van der Waals surface area contributed by atoms with Crippen molar-refractivity contribution in [1.29, 1.82) is 0 Å². The number of nitrogens with one attached hydrogen (secondary N) is 2. The van der Waals surface area contributed by atoms with Crippen LogP contribution < -0.4 is 10.6 Å². The lowest BCUT2D eigenvalue weighted by atomic mass is 10.0. The minimum absolute atomic E-state index is 0.191. The lowest BCUT2D eigenvalue weighted by molar-refractivity contribution is 0.112. The van der Waals surface area contributed by atoms with Crippen molar-refractivity contribution in [1.82, 2.24) is 10.6 Å². The van der Waals surface area contributed by atoms with Crippen molar-refractivity contribution < 1.29 is 9.90 Å². The predicted molar refractivity (Wildman–Crippen MR) is 75.1 cm³/mol. The molecule has 2 rings (SSSR count). The highest BCUT2D eigenvalue weighted by molar-refractivity contribution is 5.77. The third kappa shape index (κ3) is 3.62. The molecule has 1 aromatic rings. The number of hydrogen-bond donors (Lipinski definition) is 3. The van der Waals surface area contributed by atoms with Crippen molar-refractivity contribution in [2.24, 2.45) is 0 Å². The number of aldehydes is 1. The van der Waals surface area contributed by atoms with E-state index in [1.807, 2.05) is 25.2 Å². The molecule has 2 unspecified atom stereocenters. The van der Waals surface area contributed by atoms with Crippen LogP contribution in [0.25, 0.3) is 0 Å². The second-order valence-corrected chi connectivity index (χ2v) is 5.17. The Morgan fingerprint density at radius 2 is 2.21 bits per heavy atom. The summed E-state index contributed by atoms with van der Waals surface area (Å²) in [7, 11) is 1.87. The largest absolute Gasteiger partial charge is 0.392 e. The van der Waals surface area contributed by atoms with Crippen molar-refractivity contribution in [3.8, 4) is 0 Å². The van der Waals surface area contributed by atoms with E-state index >= 15 is 0 Å². The molecule has 0 amide bonds. The van der Waals surface area contributed by atoms with Crippen LogP contribution >= 0.6 is 0 Å². The van der Waals surface area contributed by atoms with E-state index in [4.69, 9.17) is 0 Å². The molecule has 2 atom stereocenters. The van der Waals surface area contributed by atoms with Gasteiger partial charge in [-0.05, 0) is 43.5 Å². The van der Waals surface area contributed by atoms with Crippen LogP contribution in [0.4, 0.5) is 0 Å². The van der Waals surface area contributed by atoms with Crippen LogP contribution in [0.5, 0.6) is 0 Å². The topological polar surface area (TPSA) is 61.4 Å². The molecule has 0 radical (unpaired) electrons. The predicted octanol–water partition coefficient (Wildman–Crippen LogP) is 1.22. The Balaban J connectivity index is 1.98. The average Bonchev–Trinajstić information content (AvgIpc) is 2.83. The molecule has 1 saturated carbocycles. The van der Waals surface area contributed by atoms with Gasteiger partial charge in [-0.3, -0.25) is 4.79 Å². The molecule has 0 aliphatic heterocycles. The van der Waals surface area contributed by atoms with E-state index in [9.17, 15) is 9.90 Å². The molecule has 0 spiro atoms. The summed E-state index contributed by atoms with van der Waals surface area (Å²) in [6.45, 7) is 1.39. The number of carbonyl (C=O) groups excluding carboxylic acids is 1. The molecule has 0 heterocycles. The van der Waals surface area contributed by atoms with Crippen LogP contribution in [-0.4, -0.2) is 30.6 Å². The first-order chi connectivity index (χ1) is 9.24. The first kappa shape index (κ1) is 14.2. The number of rotatable bonds is 6. The monoisotopic (exact) mass is 262 g/mol. The molecule has 4 heteroatoms. The van der Waals surface area contributed by atoms with E-state index in [2.05, 4.69) is 10.6 Å². The second kappa shape index (κ2) is 6.80. The van der Waals surface area contributed by atoms with E-state index in [1.54, 1.807) is 0 Å². The Kier molecular flexibility index (Phi) is 5.07. The smallest absolute Gasteiger partial charge is 0.150 e. The van der Waals surface area contributed by atoms with Gasteiger partial charge in [0.25, 0.3) is 0 Å². The highest BCUT2D eigenvalue weighted by Crippen LogP contribution is 2.19. The van der Waals surface area contributed by atoms with Crippen LogP contribution in [0, 0.1) is 0 Å². The van der Waals surface area contributed by atoms with Crippen molar-refractivity contribution in [3.05, 3.63) is 34.9 Å². The number of benzene rings is 1. The first-order valence-corrected chi connectivity index (χ1v) is 6.87. The maximum atomic E-state index is 11.1. The van der Waals surface area contributed by atoms with Gasteiger partial charge in [-0.2, -0.15) is 0 Å². The van der Waals surface area contributed by atoms with Gasteiger partial charge >= 0.3 is 0 Å². The molecule has 0 aromatic heterocycles. The zero-order chi connectivity index (χ0) is 13.7. The van der Waals surface area contributed by atoms with Crippen molar-refractivity contribution in [3.63, 3.8) is 0 Å². The van der Waals surface area contributed by atoms with Crippen LogP contribution in [-0.2, 0) is 13.1 Å². The van der Waals surface area contributed by atoms with Gasteiger partial charge in [0.05, 0.1) is 6.10 Å². The number of aliphatic hydroxyl groups is 1. The van der Waals surface area contributed by atoms with Gasteiger partial charge in [0, 0.05) is 24.7 Å². The molecule has 1 fully saturated rings. The SMILES string of the molecule is CNCc1ccc(CNC2CCCC2O)cc1C=O. The first-order valence-electron chi connectivity index (χ1n) is 6.87. The Hall–Kier alpha value is -1.23. The fourth-order valence-corrected chi connectivity index (χ4v) is 2.64. The summed E-state index contributed by atoms with van der Waals surface area (Å²) in [4.78, 5) is 11.1. The summed E-state index contributed by atoms with van der Waals surface area (Å²) < 4.78 is 0. The highest BCUT2D eigenvalue weighted by atomic mass is 16.3. The maximum Gasteiger partial charge on any atom is 0.150 e. The molecular formula is C15H22N2O2. The molecule has 1 aliphatic carbocycles. The van der Waals surface area contributed by atoms with Gasteiger partial charge in [0.1, 0.15) is 6.29 Å². The molecule has 104 valence electrons. The fourth-order valence-electron chi connectivity index (χ4n) is 2.64. The third-order valence-corrected chi connectivity index (χ3v) is 3.75. The summed E-state index contributed by atoms with van der Waals surface area (Å²) in [5.41, 5.74) is 2.84. The van der Waals surface area contributed by atoms with E-state index < -0.39 is 0 Å². The lowest BCUT2D eigenvalue weighted by Gasteiger charge is -2.17. The van der Waals surface area contributed by atoms with Crippen LogP contribution in [0.15, 0.2) is 18.2 Å². The highest BCUT2D eigenvalue weighted by Gasteiger charge is 2.24. The van der Waals surface area contributed by atoms with Crippen molar-refractivity contribution in [2.45, 2.75) is 44.5 Å². The molecule has 3 N–H and O–H groups in total. The number of hydrogen-bond acceptors (Lipinski definition) is 4. The molecular weight excluding hydrogens is 240 g/mol. The normalized spacial score (nSPS) is 22.6. The fraction of sp³-hybridized carbons (Fsp3) is 0.533. The molecule has 19 heavy (non-hydrogen) atoms. The lowest BCUT2D eigenvalue weighted by Crippen LogP contribution is -2.35. The van der Waals surface area contributed by atoms with Crippen molar-refractivity contribution >= 4 is 6.29 Å². The van der Waals surface area contributed by atoms with Crippen LogP contribution in [0.1, 0.15) is 40.7 Å². The van der Waals surface area contributed by atoms with Gasteiger partial charge in [-0.25, -0.2) is 0 Å². The summed E-state index contributed by atoms with van der Waals surface area (Å²) in [6, 6.07) is 6.14. The summed E-state index contributed by atoms with van der Waals surface area (Å²) in [5, 5.41) is 16.2. The molecule has 1 aliphatic rings. The van der Waals surface area contributed by atoms with Gasteiger partial charge in [-0.15, -0.1) is 0 Å². The number of carbonyl (C=O) groups is 1. The zero-order valence-electron chi connectivity index (χ0n) is 11.4. The molecule has 4 nitrogen and oxygen atoms in total. The second-order valence-electron chi connectivity index (χ2n) is 5.17. The number of aliphatic hydroxyl groups excluding tert-OH is 1. The van der Waals surface area contributed by atoms with Gasteiger partial charge < -0.3 is 15.7 Å². The van der Waals surface area contributed by atoms with Crippen LogP contribution in [0.2, 0.25) is 0 Å². The summed E-state index contributed by atoms with van der Waals surface area (Å²) in [6.07, 6.45) is 3.67. The quantitative estimate of drug-likeness (QED) is 0.675. The zero-order valence-corrected chi connectivity index (χ0v) is 11.4. The third-order valence-electron chi connectivity index (χ3n) is 3.75. The van der Waals surface area contributed by atoms with E-state index in [0.717, 1.165) is 42.2 Å². The Morgan fingerprint density at radius 1 is 1.37 bits per heavy atom. The summed E-state index contributed by atoms with van der Waals surface area (Å²) >= 11 is 0. The van der Waals surface area contributed by atoms with E-state index in [-0.39, 0.29) is 12.1 Å². The Bertz CT molecular complexity index is 434. The van der Waals surface area contributed by atoms with Gasteiger partial charge in [0.2, 0.25) is 0 Å². The summed E-state index contributed by atoms with van der Waals surface area (Å²) in [5.74, 6) is 0. The maximum absolute atomic E-state index is 11.1. The van der Waals surface area contributed by atoms with E-state index in [1.165, 1.54) is 0 Å². The minimum atomic E-state index is -0.228. The minimum Gasteiger partial charge on any atom is -0.392 e. The van der Waals surface area contributed by atoms with Gasteiger partial charge in [-0.1, -0.05) is 12.1 Å². The Morgan fingerprint density at radius 3 is 2.84 bits per heavy atom.